The molecule has 0 unspecified atom stereocenters. The summed E-state index contributed by atoms with van der Waals surface area (Å²) in [4.78, 5) is 0. The highest BCUT2D eigenvalue weighted by Gasteiger charge is 2.33. The smallest absolute Gasteiger partial charge is 0.229 e. The van der Waals surface area contributed by atoms with Gasteiger partial charge in [-0.05, 0) is 71.1 Å². The number of benzene rings is 4. The Morgan fingerprint density at radius 1 is 0.708 bits per heavy atom. The van der Waals surface area contributed by atoms with Crippen LogP contribution < -0.4 is 24.2 Å². The standard InChI is InChI=1S/C38H50N2O6SSi/c1-7-48(8-2,9-3)46-38(32-21-22-35(34(25-32)40-47(6,41)42)45-28-30-18-14-11-15-19-30)27-39-33(24-29-16-12-10-13-17-29)31-20-23-36(43-4)37(26-31)44-5/h10-23,25-26,33,38-40H,7-9,24,27-28H2,1-6H3/t33-,38+/m1/s1. The predicted octanol–water partition coefficient (Wildman–Crippen LogP) is 8.29. The lowest BCUT2D eigenvalue weighted by Crippen LogP contribution is -2.40. The van der Waals surface area contributed by atoms with Gasteiger partial charge in [0.15, 0.2) is 19.8 Å². The van der Waals surface area contributed by atoms with Gasteiger partial charge in [-0.15, -0.1) is 0 Å². The number of ether oxygens (including phenoxy) is 3. The first-order valence-electron chi connectivity index (χ1n) is 16.6. The van der Waals surface area contributed by atoms with E-state index in [1.54, 1.807) is 14.2 Å². The molecule has 4 aromatic carbocycles. The van der Waals surface area contributed by atoms with E-state index >= 15 is 0 Å². The van der Waals surface area contributed by atoms with Gasteiger partial charge < -0.3 is 24.0 Å². The highest BCUT2D eigenvalue weighted by Crippen LogP contribution is 2.36. The van der Waals surface area contributed by atoms with Crippen molar-refractivity contribution in [2.45, 2.75) is 64.1 Å². The second-order valence-electron chi connectivity index (χ2n) is 12.0. The lowest BCUT2D eigenvalue weighted by Gasteiger charge is -2.35. The zero-order valence-corrected chi connectivity index (χ0v) is 30.8. The van der Waals surface area contributed by atoms with Crippen LogP contribution in [0.5, 0.6) is 17.2 Å². The van der Waals surface area contributed by atoms with E-state index in [9.17, 15) is 8.42 Å². The number of rotatable bonds is 19. The molecular weight excluding hydrogens is 641 g/mol. The van der Waals surface area contributed by atoms with Crippen molar-refractivity contribution in [2.75, 3.05) is 31.7 Å². The van der Waals surface area contributed by atoms with E-state index in [0.717, 1.165) is 47.5 Å². The Bertz CT molecular complexity index is 1680. The summed E-state index contributed by atoms with van der Waals surface area (Å²) in [6.45, 7) is 7.45. The van der Waals surface area contributed by atoms with E-state index in [1.807, 2.05) is 78.9 Å². The minimum absolute atomic E-state index is 0.0682. The van der Waals surface area contributed by atoms with Gasteiger partial charge in [0.2, 0.25) is 10.0 Å². The Kier molecular flexibility index (Phi) is 13.5. The average molecular weight is 691 g/mol. The van der Waals surface area contributed by atoms with Gasteiger partial charge in [-0.25, -0.2) is 8.42 Å². The molecule has 0 amide bonds. The van der Waals surface area contributed by atoms with Crippen LogP contribution in [-0.4, -0.2) is 43.8 Å². The van der Waals surface area contributed by atoms with E-state index in [4.69, 9.17) is 18.6 Å². The first kappa shape index (κ1) is 37.0. The van der Waals surface area contributed by atoms with Crippen LogP contribution in [0, 0.1) is 0 Å². The predicted molar refractivity (Wildman–Crippen MR) is 197 cm³/mol. The maximum absolute atomic E-state index is 12.5. The van der Waals surface area contributed by atoms with Crippen molar-refractivity contribution >= 4 is 24.0 Å². The lowest BCUT2D eigenvalue weighted by molar-refractivity contribution is 0.181. The molecule has 0 heterocycles. The first-order valence-corrected chi connectivity index (χ1v) is 21.0. The molecule has 2 atom stereocenters. The summed E-state index contributed by atoms with van der Waals surface area (Å²) >= 11 is 0. The number of anilines is 1. The SMILES string of the molecule is CC[Si](CC)(CC)O[C@@H](CN[C@H](Cc1ccccc1)c1ccc(OC)c(OC)c1)c1ccc(OCc2ccccc2)c(NS(C)(=O)=O)c1. The molecule has 0 bridgehead atoms. The quantitative estimate of drug-likeness (QED) is 0.0957. The largest absolute Gasteiger partial charge is 0.493 e. The van der Waals surface area contributed by atoms with Crippen LogP contribution in [0.1, 0.15) is 55.2 Å². The summed E-state index contributed by atoms with van der Waals surface area (Å²) in [6.07, 6.45) is 1.56. The van der Waals surface area contributed by atoms with E-state index in [0.29, 0.717) is 36.1 Å². The molecule has 0 radical (unpaired) electrons. The molecule has 0 aliphatic rings. The van der Waals surface area contributed by atoms with Crippen LogP contribution in [0.25, 0.3) is 0 Å². The fourth-order valence-electron chi connectivity index (χ4n) is 5.89. The van der Waals surface area contributed by atoms with E-state index in [2.05, 4.69) is 49.0 Å². The summed E-state index contributed by atoms with van der Waals surface area (Å²) in [5, 5.41) is 3.83. The molecule has 258 valence electrons. The Balaban J connectivity index is 1.71. The number of methoxy groups -OCH3 is 2. The van der Waals surface area contributed by atoms with Gasteiger partial charge in [0.1, 0.15) is 12.4 Å². The number of nitrogens with one attached hydrogen (secondary N) is 2. The van der Waals surface area contributed by atoms with Crippen molar-refractivity contribution in [3.63, 3.8) is 0 Å². The van der Waals surface area contributed by atoms with Crippen molar-refractivity contribution in [3.8, 4) is 17.2 Å². The molecule has 0 spiro atoms. The second-order valence-corrected chi connectivity index (χ2v) is 18.5. The minimum atomic E-state index is -3.58. The molecule has 0 aliphatic carbocycles. The summed E-state index contributed by atoms with van der Waals surface area (Å²) in [5.74, 6) is 1.79. The second kappa shape index (κ2) is 17.5. The maximum atomic E-state index is 12.5. The van der Waals surface area contributed by atoms with Gasteiger partial charge in [0, 0.05) is 12.6 Å². The zero-order chi connectivity index (χ0) is 34.6. The van der Waals surface area contributed by atoms with Crippen LogP contribution in [0.2, 0.25) is 18.1 Å². The molecule has 10 heteroatoms. The summed E-state index contributed by atoms with van der Waals surface area (Å²) in [6, 6.07) is 34.7. The third-order valence-corrected chi connectivity index (χ3v) is 14.1. The van der Waals surface area contributed by atoms with Crippen LogP contribution in [-0.2, 0) is 27.5 Å². The summed E-state index contributed by atoms with van der Waals surface area (Å²) in [5.41, 5.74) is 4.50. The Morgan fingerprint density at radius 2 is 1.29 bits per heavy atom. The van der Waals surface area contributed by atoms with Crippen molar-refractivity contribution in [2.24, 2.45) is 0 Å². The normalized spacial score (nSPS) is 13.0. The summed E-state index contributed by atoms with van der Waals surface area (Å²) < 4.78 is 52.1. The molecule has 0 saturated heterocycles. The Hall–Kier alpha value is -3.83. The molecule has 0 fully saturated rings. The molecule has 4 rings (SSSR count). The Labute approximate surface area is 288 Å². The van der Waals surface area contributed by atoms with Crippen molar-refractivity contribution in [3.05, 3.63) is 119 Å². The highest BCUT2D eigenvalue weighted by atomic mass is 32.2. The number of hydrogen-bond acceptors (Lipinski definition) is 7. The van der Waals surface area contributed by atoms with Crippen LogP contribution in [0.15, 0.2) is 97.1 Å². The van der Waals surface area contributed by atoms with Crippen molar-refractivity contribution in [1.82, 2.24) is 5.32 Å². The maximum Gasteiger partial charge on any atom is 0.229 e. The molecule has 4 aromatic rings. The third-order valence-electron chi connectivity index (χ3n) is 8.88. The topological polar surface area (TPSA) is 95.1 Å². The molecule has 2 N–H and O–H groups in total. The van der Waals surface area contributed by atoms with Crippen LogP contribution in [0.3, 0.4) is 0 Å². The van der Waals surface area contributed by atoms with Crippen LogP contribution in [0.4, 0.5) is 5.69 Å². The lowest BCUT2D eigenvalue weighted by atomic mass is 9.97. The minimum Gasteiger partial charge on any atom is -0.493 e. The van der Waals surface area contributed by atoms with Gasteiger partial charge in [-0.1, -0.05) is 93.6 Å². The van der Waals surface area contributed by atoms with Crippen LogP contribution >= 0.6 is 0 Å². The molecule has 0 saturated carbocycles. The summed E-state index contributed by atoms with van der Waals surface area (Å²) in [7, 11) is -2.40. The fraction of sp³-hybridized carbons (Fsp3) is 0.368. The zero-order valence-electron chi connectivity index (χ0n) is 29.0. The van der Waals surface area contributed by atoms with Gasteiger partial charge in [-0.2, -0.15) is 0 Å². The first-order chi connectivity index (χ1) is 23.1. The Morgan fingerprint density at radius 3 is 1.88 bits per heavy atom. The van der Waals surface area contributed by atoms with Crippen molar-refractivity contribution in [1.29, 1.82) is 0 Å². The highest BCUT2D eigenvalue weighted by molar-refractivity contribution is 7.92. The van der Waals surface area contributed by atoms with Gasteiger partial charge in [0.25, 0.3) is 0 Å². The molecule has 0 aromatic heterocycles. The van der Waals surface area contributed by atoms with Gasteiger partial charge in [-0.3, -0.25) is 4.72 Å². The number of hydrogen-bond donors (Lipinski definition) is 2. The van der Waals surface area contributed by atoms with Gasteiger partial charge in [0.05, 0.1) is 32.3 Å². The third kappa shape index (κ3) is 10.3. The molecule has 8 nitrogen and oxygen atoms in total. The van der Waals surface area contributed by atoms with E-state index < -0.39 is 18.3 Å². The molecular formula is C38H50N2O6SSi. The molecule has 0 aliphatic heterocycles. The number of sulfonamides is 1. The van der Waals surface area contributed by atoms with Gasteiger partial charge >= 0.3 is 0 Å². The van der Waals surface area contributed by atoms with E-state index in [1.165, 1.54) is 5.56 Å². The average Bonchev–Trinajstić information content (AvgIpc) is 3.11. The van der Waals surface area contributed by atoms with E-state index in [-0.39, 0.29) is 12.1 Å². The fourth-order valence-corrected chi connectivity index (χ4v) is 9.28. The molecule has 48 heavy (non-hydrogen) atoms. The van der Waals surface area contributed by atoms with Crippen molar-refractivity contribution < 1.29 is 27.1 Å². The monoisotopic (exact) mass is 690 g/mol.